The molecule has 2 aromatic rings. The van der Waals surface area contributed by atoms with Crippen molar-refractivity contribution in [2.24, 2.45) is 0 Å². The molecule has 54 heavy (non-hydrogen) atoms. The number of carbonyl (C=O) groups is 1. The number of rotatable bonds is 38. The van der Waals surface area contributed by atoms with Crippen LogP contribution in [0.4, 0.5) is 0 Å². The summed E-state index contributed by atoms with van der Waals surface area (Å²) in [5.41, 5.74) is 5.90. The molecule has 0 amide bonds. The molecule has 0 saturated heterocycles. The third-order valence-electron chi connectivity index (χ3n) is 12.0. The second-order valence-corrected chi connectivity index (χ2v) is 17.4. The molecule has 2 aromatic carbocycles. The van der Waals surface area contributed by atoms with E-state index in [4.69, 9.17) is 0 Å². The number of quaternary nitrogens is 1. The summed E-state index contributed by atoms with van der Waals surface area (Å²) >= 11 is 0. The second kappa shape index (κ2) is 33.1. The van der Waals surface area contributed by atoms with Gasteiger partial charge in [-0.3, -0.25) is 4.79 Å². The van der Waals surface area contributed by atoms with E-state index in [0.29, 0.717) is 6.42 Å². The molecule has 0 saturated carbocycles. The second-order valence-electron chi connectivity index (χ2n) is 17.4. The molecule has 0 atom stereocenters. The number of carboxylic acids is 1. The lowest BCUT2D eigenvalue weighted by Crippen LogP contribution is -2.44. The van der Waals surface area contributed by atoms with Crippen LogP contribution in [-0.2, 0) is 30.7 Å². The van der Waals surface area contributed by atoms with Crippen LogP contribution in [0.1, 0.15) is 229 Å². The highest BCUT2D eigenvalue weighted by atomic mass is 16.4. The fourth-order valence-electron chi connectivity index (χ4n) is 8.58. The van der Waals surface area contributed by atoms with Crippen molar-refractivity contribution in [3.8, 4) is 0 Å². The number of benzene rings is 2. The van der Waals surface area contributed by atoms with Crippen molar-refractivity contribution in [1.29, 1.82) is 0 Å². The quantitative estimate of drug-likeness (QED) is 0.0549. The van der Waals surface area contributed by atoms with Gasteiger partial charge in [-0.25, -0.2) is 0 Å². The Balaban J connectivity index is 1.78. The molecule has 0 aliphatic heterocycles. The lowest BCUT2D eigenvalue weighted by molar-refractivity contribution is -0.935. The molecule has 0 bridgehead atoms. The zero-order chi connectivity index (χ0) is 38.8. The van der Waals surface area contributed by atoms with Crippen molar-refractivity contribution >= 4 is 5.97 Å². The predicted octanol–water partition coefficient (Wildman–Crippen LogP) is 15.7. The average Bonchev–Trinajstić information content (AvgIpc) is 3.16. The minimum Gasteiger partial charge on any atom is -0.481 e. The van der Waals surface area contributed by atoms with E-state index < -0.39 is 5.97 Å². The van der Waals surface area contributed by atoms with Gasteiger partial charge >= 0.3 is 5.97 Å². The van der Waals surface area contributed by atoms with Crippen LogP contribution in [0.25, 0.3) is 0 Å². The van der Waals surface area contributed by atoms with Gasteiger partial charge in [0.05, 0.1) is 20.0 Å². The number of hydrogen-bond donors (Lipinski definition) is 1. The SMILES string of the molecule is CCCCCCCCCCCCCCCCc1ccccc1C[N+](C)(CCCC(=O)O)Cc1ccccc1CCCCCCCCCCCCCCCC. The first-order chi connectivity index (χ1) is 26.5. The highest BCUT2D eigenvalue weighted by Crippen LogP contribution is 2.25. The largest absolute Gasteiger partial charge is 0.481 e. The van der Waals surface area contributed by atoms with E-state index in [0.717, 1.165) is 37.0 Å². The highest BCUT2D eigenvalue weighted by Gasteiger charge is 2.25. The number of aryl methyl sites for hydroxylation is 2. The van der Waals surface area contributed by atoms with E-state index in [-0.39, 0.29) is 6.42 Å². The minimum absolute atomic E-state index is 0.245. The Morgan fingerprint density at radius 1 is 0.426 bits per heavy atom. The molecule has 3 heteroatoms. The zero-order valence-corrected chi connectivity index (χ0v) is 36.2. The molecule has 0 fully saturated rings. The van der Waals surface area contributed by atoms with Crippen LogP contribution in [0.3, 0.4) is 0 Å². The van der Waals surface area contributed by atoms with Crippen molar-refractivity contribution < 1.29 is 14.4 Å². The van der Waals surface area contributed by atoms with Gasteiger partial charge in [0.25, 0.3) is 0 Å². The molecule has 0 radical (unpaired) electrons. The average molecular weight is 747 g/mol. The third kappa shape index (κ3) is 25.1. The van der Waals surface area contributed by atoms with Gasteiger partial charge in [-0.2, -0.15) is 0 Å². The van der Waals surface area contributed by atoms with Gasteiger partial charge in [0.2, 0.25) is 0 Å². The highest BCUT2D eigenvalue weighted by molar-refractivity contribution is 5.66. The molecule has 0 heterocycles. The summed E-state index contributed by atoms with van der Waals surface area (Å²) in [6.45, 7) is 7.40. The molecule has 0 aromatic heterocycles. The summed E-state index contributed by atoms with van der Waals surface area (Å²) in [5.74, 6) is -0.682. The van der Waals surface area contributed by atoms with Crippen LogP contribution in [0.2, 0.25) is 0 Å². The molecule has 1 N–H and O–H groups in total. The van der Waals surface area contributed by atoms with Crippen molar-refractivity contribution in [2.45, 2.75) is 232 Å². The van der Waals surface area contributed by atoms with E-state index in [1.165, 1.54) is 202 Å². The number of unbranched alkanes of at least 4 members (excludes halogenated alkanes) is 26. The van der Waals surface area contributed by atoms with Crippen molar-refractivity contribution in [1.82, 2.24) is 0 Å². The predicted molar refractivity (Wildman–Crippen MR) is 236 cm³/mol. The summed E-state index contributed by atoms with van der Waals surface area (Å²) in [6.07, 6.45) is 42.3. The normalized spacial score (nSPS) is 11.8. The molecule has 0 unspecified atom stereocenters. The van der Waals surface area contributed by atoms with Gasteiger partial charge in [-0.1, -0.05) is 229 Å². The lowest BCUT2D eigenvalue weighted by Gasteiger charge is -2.36. The minimum atomic E-state index is -0.682. The summed E-state index contributed by atoms with van der Waals surface area (Å²) in [4.78, 5) is 11.5. The zero-order valence-electron chi connectivity index (χ0n) is 36.2. The Bertz CT molecular complexity index is 1080. The van der Waals surface area contributed by atoms with Gasteiger partial charge in [-0.05, 0) is 36.8 Å². The van der Waals surface area contributed by atoms with Gasteiger partial charge in [0, 0.05) is 17.5 Å². The third-order valence-corrected chi connectivity index (χ3v) is 12.0. The molecule has 0 aliphatic rings. The molecular weight excluding hydrogens is 659 g/mol. The van der Waals surface area contributed by atoms with Gasteiger partial charge in [0.1, 0.15) is 13.1 Å². The van der Waals surface area contributed by atoms with E-state index in [9.17, 15) is 9.90 Å². The maximum absolute atomic E-state index is 11.5. The summed E-state index contributed by atoms with van der Waals surface area (Å²) in [7, 11) is 2.37. The first-order valence-corrected chi connectivity index (χ1v) is 23.7. The van der Waals surface area contributed by atoms with E-state index in [1.54, 1.807) is 0 Å². The molecule has 308 valence electrons. The maximum atomic E-state index is 11.5. The first kappa shape index (κ1) is 48.0. The van der Waals surface area contributed by atoms with Crippen LogP contribution in [-0.4, -0.2) is 29.2 Å². The fourth-order valence-corrected chi connectivity index (χ4v) is 8.58. The van der Waals surface area contributed by atoms with Crippen molar-refractivity contribution in [3.63, 3.8) is 0 Å². The fraction of sp³-hybridized carbons (Fsp3) is 0.745. The Labute approximate surface area is 336 Å². The number of hydrogen-bond acceptors (Lipinski definition) is 1. The van der Waals surface area contributed by atoms with E-state index in [1.807, 2.05) is 0 Å². The smallest absolute Gasteiger partial charge is 0.303 e. The molecule has 0 aliphatic carbocycles. The standard InChI is InChI=1S/C51H87NO2/c1-4-6-8-10-12-14-16-18-20-22-24-26-28-30-37-47-39-32-34-41-49(47)45-52(3,44-36-43-51(53)54)46-50-42-35-33-40-48(50)38-31-29-27-25-23-21-19-17-15-13-11-9-7-5-2/h32-35,39-42H,4-31,36-38,43-46H2,1-3H3/p+1. The number of aliphatic carboxylic acids is 1. The monoisotopic (exact) mass is 747 g/mol. The van der Waals surface area contributed by atoms with E-state index >= 15 is 0 Å². The Kier molecular flexibility index (Phi) is 29.4. The molecule has 0 spiro atoms. The maximum Gasteiger partial charge on any atom is 0.303 e. The lowest BCUT2D eigenvalue weighted by atomic mass is 9.97. The van der Waals surface area contributed by atoms with Gasteiger partial charge in [-0.15, -0.1) is 0 Å². The van der Waals surface area contributed by atoms with Crippen LogP contribution in [0.5, 0.6) is 0 Å². The van der Waals surface area contributed by atoms with Crippen LogP contribution >= 0.6 is 0 Å². The first-order valence-electron chi connectivity index (χ1n) is 23.7. The van der Waals surface area contributed by atoms with Crippen LogP contribution in [0.15, 0.2) is 48.5 Å². The summed E-state index contributed by atoms with van der Waals surface area (Å²) < 4.78 is 0.860. The topological polar surface area (TPSA) is 37.3 Å². The van der Waals surface area contributed by atoms with Crippen LogP contribution < -0.4 is 0 Å². The Hall–Kier alpha value is -2.13. The molecule has 2 rings (SSSR count). The van der Waals surface area contributed by atoms with Crippen LogP contribution in [0, 0.1) is 0 Å². The molecule has 3 nitrogen and oxygen atoms in total. The number of carboxylic acid groups (broad SMARTS) is 1. The Morgan fingerprint density at radius 3 is 1.00 bits per heavy atom. The summed E-state index contributed by atoms with van der Waals surface area (Å²) in [5, 5.41) is 9.48. The van der Waals surface area contributed by atoms with Gasteiger partial charge < -0.3 is 9.59 Å². The van der Waals surface area contributed by atoms with E-state index in [2.05, 4.69) is 69.4 Å². The van der Waals surface area contributed by atoms with Crippen molar-refractivity contribution in [3.05, 3.63) is 70.8 Å². The number of nitrogens with zero attached hydrogens (tertiary/aromatic N) is 1. The summed E-state index contributed by atoms with van der Waals surface area (Å²) in [6, 6.07) is 18.2. The Morgan fingerprint density at radius 2 is 0.704 bits per heavy atom. The molecular formula is C51H88NO2+. The van der Waals surface area contributed by atoms with Gasteiger partial charge in [0.15, 0.2) is 0 Å². The van der Waals surface area contributed by atoms with Crippen molar-refractivity contribution in [2.75, 3.05) is 13.6 Å².